The number of nitrogens with zero attached hydrogens (tertiary/aromatic N) is 4. The number of anilines is 1. The summed E-state index contributed by atoms with van der Waals surface area (Å²) in [7, 11) is 0. The van der Waals surface area contributed by atoms with Gasteiger partial charge in [0.05, 0.1) is 13.2 Å². The summed E-state index contributed by atoms with van der Waals surface area (Å²) in [5.74, 6) is 0.693. The van der Waals surface area contributed by atoms with Crippen LogP contribution >= 0.6 is 0 Å². The molecule has 176 valence electrons. The first-order valence-electron chi connectivity index (χ1n) is 11.7. The van der Waals surface area contributed by atoms with Crippen molar-refractivity contribution in [1.29, 1.82) is 0 Å². The molecule has 8 heteroatoms. The van der Waals surface area contributed by atoms with Crippen molar-refractivity contribution in [2.24, 2.45) is 0 Å². The van der Waals surface area contributed by atoms with Crippen molar-refractivity contribution in [3.8, 4) is 0 Å². The van der Waals surface area contributed by atoms with Crippen LogP contribution in [0.1, 0.15) is 23.2 Å². The quantitative estimate of drug-likeness (QED) is 0.690. The molecule has 1 amide bonds. The number of benzene rings is 1. The topological polar surface area (TPSA) is 81.8 Å². The summed E-state index contributed by atoms with van der Waals surface area (Å²) < 4.78 is 5.36. The van der Waals surface area contributed by atoms with Crippen molar-refractivity contribution in [2.75, 3.05) is 63.9 Å². The fraction of sp³-hybridized carbons (Fsp3) is 0.480. The maximum atomic E-state index is 12.8. The molecule has 2 aromatic rings. The summed E-state index contributed by atoms with van der Waals surface area (Å²) in [6.45, 7) is 8.60. The van der Waals surface area contributed by atoms with Gasteiger partial charge in [0.15, 0.2) is 0 Å². The summed E-state index contributed by atoms with van der Waals surface area (Å²) in [4.78, 5) is 39.2. The highest BCUT2D eigenvalue weighted by Gasteiger charge is 2.21. The first-order valence-corrected chi connectivity index (χ1v) is 11.7. The van der Waals surface area contributed by atoms with Gasteiger partial charge < -0.3 is 14.5 Å². The van der Waals surface area contributed by atoms with E-state index < -0.39 is 0 Å². The van der Waals surface area contributed by atoms with E-state index in [4.69, 9.17) is 4.74 Å². The summed E-state index contributed by atoms with van der Waals surface area (Å²) >= 11 is 0. The minimum atomic E-state index is -0.146. The van der Waals surface area contributed by atoms with E-state index >= 15 is 0 Å². The highest BCUT2D eigenvalue weighted by Crippen LogP contribution is 2.12. The van der Waals surface area contributed by atoms with E-state index in [1.54, 1.807) is 0 Å². The third-order valence-corrected chi connectivity index (χ3v) is 6.31. The average Bonchev–Trinajstić information content (AvgIpc) is 2.85. The lowest BCUT2D eigenvalue weighted by molar-refractivity contribution is -0.132. The lowest BCUT2D eigenvalue weighted by atomic mass is 10.1. The van der Waals surface area contributed by atoms with Crippen LogP contribution in [0.4, 0.5) is 5.95 Å². The molecule has 4 rings (SSSR count). The van der Waals surface area contributed by atoms with Gasteiger partial charge in [-0.3, -0.25) is 19.5 Å². The number of rotatable bonds is 7. The standard InChI is InChI=1S/C25H33N5O3/c1-20-22(24(32)27-25(26-20)30-16-18-33-19-17-30)9-10-23(31)29-14-12-28(13-15-29)11-5-8-21-6-3-2-4-7-21/h2-8H,9-19H2,1H3,(H,26,27,32)/b8-5+. The molecule has 33 heavy (non-hydrogen) atoms. The monoisotopic (exact) mass is 451 g/mol. The number of aromatic nitrogens is 2. The predicted octanol–water partition coefficient (Wildman–Crippen LogP) is 1.71. The fourth-order valence-corrected chi connectivity index (χ4v) is 4.29. The van der Waals surface area contributed by atoms with Crippen LogP contribution in [0.15, 0.2) is 41.2 Å². The maximum Gasteiger partial charge on any atom is 0.255 e. The lowest BCUT2D eigenvalue weighted by Gasteiger charge is -2.34. The molecular weight excluding hydrogens is 418 g/mol. The molecule has 0 radical (unpaired) electrons. The van der Waals surface area contributed by atoms with Crippen molar-refractivity contribution in [1.82, 2.24) is 19.8 Å². The molecule has 0 bridgehead atoms. The second kappa shape index (κ2) is 11.2. The van der Waals surface area contributed by atoms with Crippen LogP contribution in [-0.4, -0.2) is 84.7 Å². The first-order chi connectivity index (χ1) is 16.1. The number of hydrogen-bond donors (Lipinski definition) is 1. The van der Waals surface area contributed by atoms with Crippen molar-refractivity contribution >= 4 is 17.9 Å². The van der Waals surface area contributed by atoms with Crippen molar-refractivity contribution in [3.05, 3.63) is 63.6 Å². The largest absolute Gasteiger partial charge is 0.378 e. The highest BCUT2D eigenvalue weighted by molar-refractivity contribution is 5.76. The Balaban J connectivity index is 1.24. The van der Waals surface area contributed by atoms with E-state index in [9.17, 15) is 9.59 Å². The highest BCUT2D eigenvalue weighted by atomic mass is 16.5. The van der Waals surface area contributed by atoms with E-state index in [2.05, 4.69) is 39.2 Å². The van der Waals surface area contributed by atoms with Crippen LogP contribution < -0.4 is 10.5 Å². The second-order valence-corrected chi connectivity index (χ2v) is 8.55. The molecule has 1 N–H and O–H groups in total. The fourth-order valence-electron chi connectivity index (χ4n) is 4.29. The SMILES string of the molecule is Cc1nc(N2CCOCC2)[nH]c(=O)c1CCC(=O)N1CCN(C/C=C/c2ccccc2)CC1. The van der Waals surface area contributed by atoms with E-state index in [-0.39, 0.29) is 11.5 Å². The Morgan fingerprint density at radius 3 is 2.52 bits per heavy atom. The number of morpholine rings is 1. The van der Waals surface area contributed by atoms with Gasteiger partial charge in [0.25, 0.3) is 5.56 Å². The Labute approximate surface area is 194 Å². The Hall–Kier alpha value is -2.97. The number of aromatic amines is 1. The molecule has 0 spiro atoms. The van der Waals surface area contributed by atoms with Gasteiger partial charge >= 0.3 is 0 Å². The van der Waals surface area contributed by atoms with E-state index in [1.165, 1.54) is 5.56 Å². The number of hydrogen-bond acceptors (Lipinski definition) is 6. The Bertz CT molecular complexity index is 1010. The molecule has 0 unspecified atom stereocenters. The second-order valence-electron chi connectivity index (χ2n) is 8.55. The van der Waals surface area contributed by atoms with Gasteiger partial charge in [-0.2, -0.15) is 0 Å². The third kappa shape index (κ3) is 6.30. The van der Waals surface area contributed by atoms with E-state index in [0.717, 1.165) is 32.7 Å². The van der Waals surface area contributed by atoms with Gasteiger partial charge in [-0.1, -0.05) is 42.5 Å². The third-order valence-electron chi connectivity index (χ3n) is 6.31. The van der Waals surface area contributed by atoms with Crippen molar-refractivity contribution in [3.63, 3.8) is 0 Å². The molecule has 2 saturated heterocycles. The Morgan fingerprint density at radius 1 is 1.09 bits per heavy atom. The number of H-pyrrole nitrogens is 1. The molecule has 2 aliphatic heterocycles. The smallest absolute Gasteiger partial charge is 0.255 e. The number of piperazine rings is 1. The number of amides is 1. The summed E-state index contributed by atoms with van der Waals surface area (Å²) in [6.07, 6.45) is 5.05. The summed E-state index contributed by atoms with van der Waals surface area (Å²) in [6, 6.07) is 10.3. The lowest BCUT2D eigenvalue weighted by Crippen LogP contribution is -2.48. The molecule has 1 aromatic heterocycles. The molecule has 8 nitrogen and oxygen atoms in total. The minimum Gasteiger partial charge on any atom is -0.378 e. The molecule has 0 aliphatic carbocycles. The summed E-state index contributed by atoms with van der Waals surface area (Å²) in [5.41, 5.74) is 2.35. The van der Waals surface area contributed by atoms with Gasteiger partial charge in [-0.05, 0) is 18.9 Å². The van der Waals surface area contributed by atoms with E-state index in [0.29, 0.717) is 56.4 Å². The normalized spacial score (nSPS) is 17.6. The molecular formula is C25H33N5O3. The molecule has 3 heterocycles. The van der Waals surface area contributed by atoms with Crippen molar-refractivity contribution in [2.45, 2.75) is 19.8 Å². The average molecular weight is 452 g/mol. The summed E-state index contributed by atoms with van der Waals surface area (Å²) in [5, 5.41) is 0. The van der Waals surface area contributed by atoms with Gasteiger partial charge in [0.1, 0.15) is 0 Å². The van der Waals surface area contributed by atoms with Crippen LogP contribution in [0, 0.1) is 6.92 Å². The van der Waals surface area contributed by atoms with Crippen LogP contribution in [0.5, 0.6) is 0 Å². The zero-order valence-electron chi connectivity index (χ0n) is 19.3. The zero-order chi connectivity index (χ0) is 23.0. The number of nitrogens with one attached hydrogen (secondary N) is 1. The number of carbonyl (C=O) groups excluding carboxylic acids is 1. The number of carbonyl (C=O) groups is 1. The minimum absolute atomic E-state index is 0.102. The van der Waals surface area contributed by atoms with Crippen LogP contribution in [0.3, 0.4) is 0 Å². The molecule has 2 aliphatic rings. The Morgan fingerprint density at radius 2 is 1.82 bits per heavy atom. The number of aryl methyl sites for hydroxylation is 1. The van der Waals surface area contributed by atoms with Crippen LogP contribution in [0.2, 0.25) is 0 Å². The van der Waals surface area contributed by atoms with Gasteiger partial charge in [-0.15, -0.1) is 0 Å². The van der Waals surface area contributed by atoms with Crippen LogP contribution in [0.25, 0.3) is 6.08 Å². The van der Waals surface area contributed by atoms with Gasteiger partial charge in [0, 0.05) is 63.5 Å². The van der Waals surface area contributed by atoms with E-state index in [1.807, 2.05) is 34.9 Å². The molecule has 0 atom stereocenters. The van der Waals surface area contributed by atoms with Gasteiger partial charge in [0.2, 0.25) is 11.9 Å². The first kappa shape index (κ1) is 23.2. The van der Waals surface area contributed by atoms with Gasteiger partial charge in [-0.25, -0.2) is 4.98 Å². The molecule has 0 saturated carbocycles. The number of ether oxygens (including phenoxy) is 1. The molecule has 1 aromatic carbocycles. The predicted molar refractivity (Wildman–Crippen MR) is 129 cm³/mol. The van der Waals surface area contributed by atoms with Crippen LogP contribution in [-0.2, 0) is 16.0 Å². The Kier molecular flexibility index (Phi) is 7.91. The maximum absolute atomic E-state index is 12.8. The zero-order valence-corrected chi connectivity index (χ0v) is 19.3. The van der Waals surface area contributed by atoms with Crippen molar-refractivity contribution < 1.29 is 9.53 Å². The molecule has 2 fully saturated rings.